The molecule has 1 aromatic heterocycles. The van der Waals surface area contributed by atoms with Gasteiger partial charge in [-0.15, -0.1) is 5.10 Å². The predicted molar refractivity (Wildman–Crippen MR) is 91.1 cm³/mol. The van der Waals surface area contributed by atoms with Crippen LogP contribution in [0.1, 0.15) is 24.1 Å². The minimum atomic E-state index is -0.413. The summed E-state index contributed by atoms with van der Waals surface area (Å²) < 4.78 is 6.94. The van der Waals surface area contributed by atoms with E-state index in [4.69, 9.17) is 11.3 Å². The van der Waals surface area contributed by atoms with Gasteiger partial charge >= 0.3 is 6.09 Å². The van der Waals surface area contributed by atoms with E-state index in [2.05, 4.69) is 20.3 Å². The Kier molecular flexibility index (Phi) is 3.88. The highest BCUT2D eigenvalue weighted by atomic mass is 16.6. The Morgan fingerprint density at radius 1 is 1.35 bits per heavy atom. The van der Waals surface area contributed by atoms with Gasteiger partial charge < -0.3 is 9.58 Å². The van der Waals surface area contributed by atoms with Crippen molar-refractivity contribution in [3.63, 3.8) is 0 Å². The number of amides is 1. The van der Waals surface area contributed by atoms with Crippen LogP contribution in [0.5, 0.6) is 0 Å². The van der Waals surface area contributed by atoms with E-state index in [1.807, 2.05) is 24.3 Å². The lowest BCUT2D eigenvalue weighted by atomic mass is 10.1. The lowest BCUT2D eigenvalue weighted by Gasteiger charge is -2.13. The summed E-state index contributed by atoms with van der Waals surface area (Å²) in [7, 11) is 0. The Morgan fingerprint density at radius 2 is 2.12 bits per heavy atom. The Morgan fingerprint density at radius 3 is 2.77 bits per heavy atom. The molecule has 0 bridgehead atoms. The summed E-state index contributed by atoms with van der Waals surface area (Å²) in [5.74, 6) is 0. The Bertz CT molecular complexity index is 881. The SMILES string of the molecule is [C-]#[N+]C1(c2ccc(N3C[C@H](Cn4cc(CN=O)nn4)OC3=O)cc2)CC1. The number of carbonyl (C=O) groups is 1. The van der Waals surface area contributed by atoms with Gasteiger partial charge in [0.1, 0.15) is 18.3 Å². The number of carbonyl (C=O) groups excluding carboxylic acids is 1. The average molecular weight is 352 g/mol. The third-order valence-electron chi connectivity index (χ3n) is 4.73. The van der Waals surface area contributed by atoms with E-state index in [9.17, 15) is 9.70 Å². The number of ether oxygens (including phenoxy) is 1. The molecule has 4 rings (SSSR count). The molecule has 0 unspecified atom stereocenters. The number of rotatable bonds is 6. The molecule has 1 amide bonds. The largest absolute Gasteiger partial charge is 0.442 e. The molecule has 0 N–H and O–H groups in total. The first-order valence-electron chi connectivity index (χ1n) is 8.29. The van der Waals surface area contributed by atoms with Crippen molar-refractivity contribution < 1.29 is 9.53 Å². The van der Waals surface area contributed by atoms with E-state index in [0.717, 1.165) is 24.1 Å². The van der Waals surface area contributed by atoms with Crippen molar-refractivity contribution >= 4 is 11.8 Å². The highest BCUT2D eigenvalue weighted by Crippen LogP contribution is 2.49. The second kappa shape index (κ2) is 6.22. The molecule has 2 aromatic rings. The summed E-state index contributed by atoms with van der Waals surface area (Å²) in [6, 6.07) is 7.54. The minimum Gasteiger partial charge on any atom is -0.442 e. The molecule has 1 saturated heterocycles. The fourth-order valence-electron chi connectivity index (χ4n) is 3.14. The zero-order valence-corrected chi connectivity index (χ0v) is 13.9. The van der Waals surface area contributed by atoms with Crippen LogP contribution in [0.3, 0.4) is 0 Å². The number of anilines is 1. The second-order valence-electron chi connectivity index (χ2n) is 6.53. The normalized spacial score (nSPS) is 20.5. The van der Waals surface area contributed by atoms with Gasteiger partial charge in [-0.25, -0.2) is 16.0 Å². The van der Waals surface area contributed by atoms with Crippen molar-refractivity contribution in [2.24, 2.45) is 5.18 Å². The molecule has 2 heterocycles. The molecule has 0 radical (unpaired) electrons. The number of hydrogen-bond donors (Lipinski definition) is 0. The van der Waals surface area contributed by atoms with Crippen LogP contribution in [0, 0.1) is 11.5 Å². The molecule has 1 atom stereocenters. The van der Waals surface area contributed by atoms with Gasteiger partial charge in [0.2, 0.25) is 0 Å². The van der Waals surface area contributed by atoms with Crippen molar-refractivity contribution in [2.45, 2.75) is 37.6 Å². The molecule has 2 fully saturated rings. The van der Waals surface area contributed by atoms with Crippen LogP contribution < -0.4 is 4.90 Å². The van der Waals surface area contributed by atoms with Crippen LogP contribution >= 0.6 is 0 Å². The number of nitrogens with zero attached hydrogens (tertiary/aromatic N) is 6. The molecule has 9 nitrogen and oxygen atoms in total. The summed E-state index contributed by atoms with van der Waals surface area (Å²) in [6.07, 6.45) is 2.63. The minimum absolute atomic E-state index is 0.0327. The predicted octanol–water partition coefficient (Wildman–Crippen LogP) is 2.48. The quantitative estimate of drug-likeness (QED) is 0.588. The number of hydrogen-bond acceptors (Lipinski definition) is 6. The highest BCUT2D eigenvalue weighted by molar-refractivity contribution is 5.89. The fraction of sp³-hybridized carbons (Fsp3) is 0.412. The van der Waals surface area contributed by atoms with Crippen molar-refractivity contribution in [3.05, 3.63) is 58.0 Å². The number of cyclic esters (lactones) is 1. The molecule has 132 valence electrons. The topological polar surface area (TPSA) is 94.0 Å². The van der Waals surface area contributed by atoms with Gasteiger partial charge in [-0.2, -0.15) is 4.91 Å². The van der Waals surface area contributed by atoms with Crippen LogP contribution in [-0.2, 0) is 23.4 Å². The van der Waals surface area contributed by atoms with Crippen LogP contribution in [0.15, 0.2) is 35.6 Å². The summed E-state index contributed by atoms with van der Waals surface area (Å²) in [4.78, 5) is 27.7. The molecule has 1 aliphatic carbocycles. The van der Waals surface area contributed by atoms with Crippen LogP contribution in [0.4, 0.5) is 10.5 Å². The number of aromatic nitrogens is 3. The molecule has 2 aliphatic rings. The first kappa shape index (κ1) is 16.2. The first-order valence-corrected chi connectivity index (χ1v) is 8.29. The van der Waals surface area contributed by atoms with E-state index in [-0.39, 0.29) is 18.2 Å². The van der Waals surface area contributed by atoms with Crippen molar-refractivity contribution in [1.82, 2.24) is 15.0 Å². The summed E-state index contributed by atoms with van der Waals surface area (Å²) in [5.41, 5.74) is 1.87. The van der Waals surface area contributed by atoms with Crippen molar-refractivity contribution in [3.8, 4) is 0 Å². The van der Waals surface area contributed by atoms with Crippen molar-refractivity contribution in [1.29, 1.82) is 0 Å². The lowest BCUT2D eigenvalue weighted by molar-refractivity contribution is 0.129. The third kappa shape index (κ3) is 2.90. The second-order valence-corrected chi connectivity index (χ2v) is 6.53. The average Bonchev–Trinajstić information content (AvgIpc) is 3.20. The summed E-state index contributed by atoms with van der Waals surface area (Å²) in [6.45, 7) is 8.04. The Hall–Kier alpha value is -3.28. The Labute approximate surface area is 149 Å². The zero-order valence-electron chi connectivity index (χ0n) is 13.9. The zero-order chi connectivity index (χ0) is 18.1. The summed E-state index contributed by atoms with van der Waals surface area (Å²) in [5, 5.41) is 10.5. The van der Waals surface area contributed by atoms with Gasteiger partial charge in [-0.05, 0) is 24.3 Å². The maximum Gasteiger partial charge on any atom is 0.414 e. The standard InChI is InChI=1S/C17H16N6O3/c1-18-17(6-7-17)12-2-4-14(5-3-12)23-11-15(26-16(23)24)10-22-9-13(8-19-25)20-21-22/h2-5,9,15H,6-8,10-11H2/t15-/m0/s1. The van der Waals surface area contributed by atoms with Crippen molar-refractivity contribution in [2.75, 3.05) is 11.4 Å². The third-order valence-corrected chi connectivity index (χ3v) is 4.73. The van der Waals surface area contributed by atoms with E-state index in [0.29, 0.717) is 18.8 Å². The Balaban J connectivity index is 1.42. The van der Waals surface area contributed by atoms with Gasteiger partial charge in [0.25, 0.3) is 5.54 Å². The molecule has 9 heteroatoms. The maximum absolute atomic E-state index is 12.2. The lowest BCUT2D eigenvalue weighted by Crippen LogP contribution is -2.26. The van der Waals surface area contributed by atoms with Gasteiger partial charge in [0.15, 0.2) is 0 Å². The molecular formula is C17H16N6O3. The van der Waals surface area contributed by atoms with E-state index in [1.165, 1.54) is 4.68 Å². The van der Waals surface area contributed by atoms with E-state index >= 15 is 0 Å². The molecule has 1 saturated carbocycles. The smallest absolute Gasteiger partial charge is 0.414 e. The molecule has 0 spiro atoms. The van der Waals surface area contributed by atoms with Crippen LogP contribution in [0.2, 0.25) is 0 Å². The number of benzene rings is 1. The van der Waals surface area contributed by atoms with Crippen LogP contribution in [0.25, 0.3) is 4.85 Å². The molecule has 26 heavy (non-hydrogen) atoms. The summed E-state index contributed by atoms with van der Waals surface area (Å²) >= 11 is 0. The van der Waals surface area contributed by atoms with E-state index in [1.54, 1.807) is 11.1 Å². The molecular weight excluding hydrogens is 336 g/mol. The van der Waals surface area contributed by atoms with Gasteiger partial charge in [0.05, 0.1) is 19.3 Å². The van der Waals surface area contributed by atoms with Gasteiger partial charge in [-0.3, -0.25) is 4.90 Å². The number of nitroso groups, excluding NO2 is 1. The monoisotopic (exact) mass is 352 g/mol. The van der Waals surface area contributed by atoms with Gasteiger partial charge in [-0.1, -0.05) is 10.4 Å². The van der Waals surface area contributed by atoms with Gasteiger partial charge in [0, 0.05) is 24.1 Å². The maximum atomic E-state index is 12.2. The molecule has 1 aromatic carbocycles. The van der Waals surface area contributed by atoms with E-state index < -0.39 is 6.09 Å². The highest BCUT2D eigenvalue weighted by Gasteiger charge is 2.52. The fourth-order valence-corrected chi connectivity index (χ4v) is 3.14. The van der Waals surface area contributed by atoms with Crippen LogP contribution in [-0.4, -0.2) is 33.7 Å². The first-order chi connectivity index (χ1) is 12.6. The molecule has 1 aliphatic heterocycles.